The Morgan fingerprint density at radius 3 is 2.39 bits per heavy atom. The molecule has 0 aliphatic carbocycles. The van der Waals surface area contributed by atoms with Gasteiger partial charge in [0.1, 0.15) is 12.1 Å². The fraction of sp³-hybridized carbons (Fsp3) is 0.250. The summed E-state index contributed by atoms with van der Waals surface area (Å²) >= 11 is 1.58. The average molecular weight is 621 g/mol. The molecule has 1 aliphatic rings. The van der Waals surface area contributed by atoms with E-state index in [0.29, 0.717) is 16.7 Å². The molecule has 1 aromatic heterocycles. The van der Waals surface area contributed by atoms with Gasteiger partial charge in [0, 0.05) is 29.7 Å². The number of ether oxygens (including phenoxy) is 1. The number of aromatic nitrogens is 3. The van der Waals surface area contributed by atoms with Crippen molar-refractivity contribution in [1.82, 2.24) is 20.1 Å². The molecule has 1 aliphatic heterocycles. The smallest absolute Gasteiger partial charge is 0.406 e. The van der Waals surface area contributed by atoms with Gasteiger partial charge < -0.3 is 15.0 Å². The average Bonchev–Trinajstić information content (AvgIpc) is 3.46. The van der Waals surface area contributed by atoms with E-state index in [0.717, 1.165) is 52.2 Å². The molecule has 1 N–H and O–H groups in total. The van der Waals surface area contributed by atoms with E-state index < -0.39 is 12.4 Å². The number of thioether (sulfide) groups is 1. The number of amides is 2. The first-order chi connectivity index (χ1) is 21.0. The summed E-state index contributed by atoms with van der Waals surface area (Å²) in [6.45, 7) is 8.95. The topological polar surface area (TPSA) is 84.6 Å². The van der Waals surface area contributed by atoms with Gasteiger partial charge in [-0.2, -0.15) is 4.99 Å². The molecule has 0 saturated carbocycles. The Balaban J connectivity index is 1.24. The van der Waals surface area contributed by atoms with E-state index in [4.69, 9.17) is 0 Å². The number of benzene rings is 3. The zero-order valence-electron chi connectivity index (χ0n) is 24.6. The molecular formula is C32H31F3N6O2S. The van der Waals surface area contributed by atoms with Crippen LogP contribution in [0.2, 0.25) is 0 Å². The number of carbonyl (C=O) groups is 1. The lowest BCUT2D eigenvalue weighted by Gasteiger charge is -2.32. The number of allylic oxidation sites excluding steroid dienone is 1. The molecule has 2 amide bonds. The quantitative estimate of drug-likeness (QED) is 0.237. The number of nitrogens with zero attached hydrogens (tertiary/aromatic N) is 5. The van der Waals surface area contributed by atoms with Gasteiger partial charge in [-0.25, -0.2) is 14.5 Å². The molecule has 228 valence electrons. The number of rotatable bonds is 6. The van der Waals surface area contributed by atoms with E-state index in [1.165, 1.54) is 40.8 Å². The highest BCUT2D eigenvalue weighted by Gasteiger charge is 2.31. The Labute approximate surface area is 257 Å². The molecule has 0 bridgehead atoms. The van der Waals surface area contributed by atoms with Crippen LogP contribution in [-0.2, 0) is 0 Å². The first-order valence-electron chi connectivity index (χ1n) is 13.9. The minimum atomic E-state index is -4.75. The number of halogens is 3. The van der Waals surface area contributed by atoms with Crippen molar-refractivity contribution >= 4 is 34.2 Å². The van der Waals surface area contributed by atoms with Crippen LogP contribution >= 0.6 is 11.8 Å². The van der Waals surface area contributed by atoms with Crippen molar-refractivity contribution in [3.63, 3.8) is 0 Å². The second kappa shape index (κ2) is 13.0. The highest BCUT2D eigenvalue weighted by atomic mass is 32.2. The highest BCUT2D eigenvalue weighted by Crippen LogP contribution is 2.32. The highest BCUT2D eigenvalue weighted by molar-refractivity contribution is 8.14. The molecule has 1 saturated heterocycles. The minimum Gasteiger partial charge on any atom is -0.406 e. The van der Waals surface area contributed by atoms with E-state index in [1.807, 2.05) is 31.2 Å². The number of anilines is 1. The van der Waals surface area contributed by atoms with Crippen LogP contribution in [0.1, 0.15) is 35.6 Å². The van der Waals surface area contributed by atoms with Crippen molar-refractivity contribution < 1.29 is 22.7 Å². The second-order valence-corrected chi connectivity index (χ2v) is 11.5. The van der Waals surface area contributed by atoms with E-state index in [2.05, 4.69) is 62.9 Å². The molecule has 5 rings (SSSR count). The van der Waals surface area contributed by atoms with Gasteiger partial charge in [0.2, 0.25) is 0 Å². The monoisotopic (exact) mass is 620 g/mol. The summed E-state index contributed by atoms with van der Waals surface area (Å²) in [5.41, 5.74) is 7.64. The van der Waals surface area contributed by atoms with Crippen molar-refractivity contribution in [2.45, 2.75) is 40.5 Å². The van der Waals surface area contributed by atoms with E-state index in [-0.39, 0.29) is 5.75 Å². The Morgan fingerprint density at radius 2 is 1.73 bits per heavy atom. The molecule has 44 heavy (non-hydrogen) atoms. The number of amidine groups is 1. The van der Waals surface area contributed by atoms with Crippen LogP contribution in [0, 0.1) is 20.8 Å². The third-order valence-corrected chi connectivity index (χ3v) is 7.99. The summed E-state index contributed by atoms with van der Waals surface area (Å²) in [5.74, 6) is 1.04. The normalized spacial score (nSPS) is 15.0. The SMILES string of the molecule is C/C(=C\NC(=O)/N=C1\SCCCN1c1c(C)cc(C)cc1C)c1ccc(-c2ncn(-c3ccc(OC(F)(F)F)cc3)n2)cc1. The maximum Gasteiger partial charge on any atom is 0.573 e. The lowest BCUT2D eigenvalue weighted by atomic mass is 10.0. The Hall–Kier alpha value is -4.58. The number of urea groups is 1. The molecule has 3 aromatic carbocycles. The van der Waals surface area contributed by atoms with Gasteiger partial charge in [-0.1, -0.05) is 53.7 Å². The lowest BCUT2D eigenvalue weighted by molar-refractivity contribution is -0.274. The number of nitrogens with one attached hydrogen (secondary N) is 1. The molecule has 2 heterocycles. The van der Waals surface area contributed by atoms with E-state index >= 15 is 0 Å². The fourth-order valence-electron chi connectivity index (χ4n) is 5.03. The van der Waals surface area contributed by atoms with Crippen molar-refractivity contribution in [2.75, 3.05) is 17.2 Å². The predicted molar refractivity (Wildman–Crippen MR) is 168 cm³/mol. The van der Waals surface area contributed by atoms with Crippen molar-refractivity contribution in [3.05, 3.63) is 95.4 Å². The van der Waals surface area contributed by atoms with Gasteiger partial charge in [0.25, 0.3) is 0 Å². The van der Waals surface area contributed by atoms with Gasteiger partial charge in [-0.3, -0.25) is 0 Å². The van der Waals surface area contributed by atoms with Crippen molar-refractivity contribution in [1.29, 1.82) is 0 Å². The molecule has 0 radical (unpaired) electrons. The molecule has 1 fully saturated rings. The van der Waals surface area contributed by atoms with Crippen LogP contribution in [0.15, 0.2) is 78.2 Å². The van der Waals surface area contributed by atoms with Crippen LogP contribution in [0.5, 0.6) is 5.75 Å². The van der Waals surface area contributed by atoms with Crippen LogP contribution in [0.3, 0.4) is 0 Å². The molecule has 0 atom stereocenters. The third kappa shape index (κ3) is 7.49. The van der Waals surface area contributed by atoms with E-state index in [1.54, 1.807) is 18.0 Å². The minimum absolute atomic E-state index is 0.313. The molecule has 0 unspecified atom stereocenters. The van der Waals surface area contributed by atoms with E-state index in [9.17, 15) is 18.0 Å². The number of alkyl halides is 3. The summed E-state index contributed by atoms with van der Waals surface area (Å²) in [6, 6.07) is 16.7. The first kappa shape index (κ1) is 30.9. The number of carbonyl (C=O) groups excluding carboxylic acids is 1. The second-order valence-electron chi connectivity index (χ2n) is 10.4. The number of aryl methyl sites for hydroxylation is 3. The van der Waals surface area contributed by atoms with Crippen LogP contribution in [0.25, 0.3) is 22.6 Å². The number of hydrogen-bond acceptors (Lipinski definition) is 5. The van der Waals surface area contributed by atoms with Gasteiger partial charge >= 0.3 is 12.4 Å². The molecule has 4 aromatic rings. The van der Waals surface area contributed by atoms with Crippen molar-refractivity contribution in [3.8, 4) is 22.8 Å². The van der Waals surface area contributed by atoms with Gasteiger partial charge in [-0.05, 0) is 80.6 Å². The van der Waals surface area contributed by atoms with Crippen LogP contribution in [0.4, 0.5) is 23.7 Å². The largest absolute Gasteiger partial charge is 0.573 e. The van der Waals surface area contributed by atoms with Crippen LogP contribution < -0.4 is 15.0 Å². The lowest BCUT2D eigenvalue weighted by Crippen LogP contribution is -2.36. The summed E-state index contributed by atoms with van der Waals surface area (Å²) in [5, 5.41) is 7.92. The van der Waals surface area contributed by atoms with Crippen LogP contribution in [-0.4, -0.2) is 44.6 Å². The fourth-order valence-corrected chi connectivity index (χ4v) is 5.97. The third-order valence-electron chi connectivity index (χ3n) is 6.93. The molecular weight excluding hydrogens is 589 g/mol. The Kier molecular flexibility index (Phi) is 9.09. The number of aliphatic imine (C=N–C) groups is 1. The Morgan fingerprint density at radius 1 is 1.05 bits per heavy atom. The maximum atomic E-state index is 12.8. The van der Waals surface area contributed by atoms with Gasteiger partial charge in [0.05, 0.1) is 5.69 Å². The van der Waals surface area contributed by atoms with Gasteiger partial charge in [0.15, 0.2) is 11.0 Å². The summed E-state index contributed by atoms with van der Waals surface area (Å²) < 4.78 is 42.6. The van der Waals surface area contributed by atoms with Crippen molar-refractivity contribution in [2.24, 2.45) is 4.99 Å². The predicted octanol–water partition coefficient (Wildman–Crippen LogP) is 7.83. The summed E-state index contributed by atoms with van der Waals surface area (Å²) in [4.78, 5) is 23.7. The zero-order chi connectivity index (χ0) is 31.4. The zero-order valence-corrected chi connectivity index (χ0v) is 25.5. The molecule has 8 nitrogen and oxygen atoms in total. The summed E-state index contributed by atoms with van der Waals surface area (Å²) in [7, 11) is 0. The Bertz CT molecular complexity index is 1690. The van der Waals surface area contributed by atoms with Gasteiger partial charge in [-0.15, -0.1) is 18.3 Å². The molecule has 12 heteroatoms. The molecule has 0 spiro atoms. The first-order valence-corrected chi connectivity index (χ1v) is 14.9. The maximum absolute atomic E-state index is 12.8. The number of hydrogen-bond donors (Lipinski definition) is 1. The standard InChI is InChI=1S/C32H31F3N6O2S/c1-20-16-21(2)28(22(3)17-20)40-14-5-15-44-31(40)38-30(42)36-18-23(4)24-6-8-25(9-7-24)29-37-19-41(39-29)26-10-12-27(13-11-26)43-32(33,34)35/h6-13,16-19H,5,14-15H2,1-4H3,(H,36,42)/b23-18+,38-31-. The summed E-state index contributed by atoms with van der Waals surface area (Å²) in [6.07, 6.45) is -0.617.